The van der Waals surface area contributed by atoms with Crippen molar-refractivity contribution >= 4 is 22.9 Å². The first-order valence-electron chi connectivity index (χ1n) is 9.57. The van der Waals surface area contributed by atoms with Gasteiger partial charge >= 0.3 is 12.4 Å². The normalized spacial score (nSPS) is 12.5. The number of thioether (sulfide) groups is 1. The van der Waals surface area contributed by atoms with E-state index in [1.54, 1.807) is 13.1 Å². The Bertz CT molecular complexity index is 1310. The Labute approximate surface area is 187 Å². The van der Waals surface area contributed by atoms with Gasteiger partial charge in [-0.25, -0.2) is 4.98 Å². The summed E-state index contributed by atoms with van der Waals surface area (Å²) in [6.45, 7) is 1.91. The molecule has 0 unspecified atom stereocenters. The Morgan fingerprint density at radius 2 is 1.61 bits per heavy atom. The summed E-state index contributed by atoms with van der Waals surface area (Å²) in [6.07, 6.45) is -7.59. The Morgan fingerprint density at radius 3 is 2.21 bits per heavy atom. The lowest BCUT2D eigenvalue weighted by molar-refractivity contribution is -0.141. The Hall–Kier alpha value is -3.15. The number of rotatable bonds is 4. The first-order chi connectivity index (χ1) is 15.5. The zero-order valence-corrected chi connectivity index (χ0v) is 18.0. The second kappa shape index (κ2) is 8.32. The molecule has 0 aliphatic carbocycles. The number of nitrogens with zero attached hydrogens (tertiary/aromatic N) is 5. The fourth-order valence-corrected chi connectivity index (χ4v) is 4.03. The van der Waals surface area contributed by atoms with Crippen molar-refractivity contribution in [3.05, 3.63) is 53.9 Å². The van der Waals surface area contributed by atoms with Gasteiger partial charge in [0.25, 0.3) is 0 Å². The minimum absolute atomic E-state index is 0.0240. The van der Waals surface area contributed by atoms with Gasteiger partial charge in [-0.2, -0.15) is 26.3 Å². The molecule has 0 radical (unpaired) electrons. The summed E-state index contributed by atoms with van der Waals surface area (Å²) in [5.41, 5.74) is -0.139. The fraction of sp³-hybridized carbons (Fsp3) is 0.238. The Kier molecular flexibility index (Phi) is 5.81. The number of aromatic nitrogens is 5. The summed E-state index contributed by atoms with van der Waals surface area (Å²) in [5, 5.41) is 6.91. The average Bonchev–Trinajstić information content (AvgIpc) is 3.08. The number of imidazole rings is 1. The molecular formula is C21H15F6N5S. The quantitative estimate of drug-likeness (QED) is 0.254. The zero-order chi connectivity index (χ0) is 24.0. The van der Waals surface area contributed by atoms with Crippen molar-refractivity contribution in [1.82, 2.24) is 24.7 Å². The number of fused-ring (bicyclic) bond motifs is 1. The van der Waals surface area contributed by atoms with E-state index in [2.05, 4.69) is 20.2 Å². The molecule has 4 rings (SSSR count). The Balaban J connectivity index is 1.78. The highest BCUT2D eigenvalue weighted by Gasteiger charge is 2.34. The van der Waals surface area contributed by atoms with Crippen molar-refractivity contribution in [2.24, 2.45) is 7.05 Å². The van der Waals surface area contributed by atoms with Crippen LogP contribution in [0.1, 0.15) is 18.2 Å². The average molecular weight is 483 g/mol. The maximum Gasteiger partial charge on any atom is 0.435 e. The molecule has 0 bridgehead atoms. The standard InChI is InChI=1S/C21H15F6N5S/c1-3-33-15-8-12(11-4-6-13(7-5-11)20(22,23)24)10-28-17(15)19-29-14-9-16(21(25,26)27)30-31-18(14)32(19)2/h4-10H,3H2,1-2H3. The number of aryl methyl sites for hydroxylation is 1. The molecule has 172 valence electrons. The van der Waals surface area contributed by atoms with E-state index in [-0.39, 0.29) is 11.2 Å². The molecule has 3 heterocycles. The molecule has 3 aromatic heterocycles. The van der Waals surface area contributed by atoms with Crippen LogP contribution in [0.25, 0.3) is 33.8 Å². The van der Waals surface area contributed by atoms with Crippen LogP contribution in [-0.2, 0) is 19.4 Å². The van der Waals surface area contributed by atoms with Gasteiger partial charge in [-0.15, -0.1) is 22.0 Å². The molecule has 4 aromatic rings. The van der Waals surface area contributed by atoms with E-state index in [1.165, 1.54) is 34.7 Å². The van der Waals surface area contributed by atoms with Crippen molar-refractivity contribution in [2.45, 2.75) is 24.2 Å². The highest BCUT2D eigenvalue weighted by molar-refractivity contribution is 7.99. The van der Waals surface area contributed by atoms with E-state index in [4.69, 9.17) is 0 Å². The minimum atomic E-state index is -4.65. The summed E-state index contributed by atoms with van der Waals surface area (Å²) in [4.78, 5) is 9.42. The smallest absolute Gasteiger partial charge is 0.309 e. The molecule has 0 aliphatic rings. The molecule has 0 saturated heterocycles. The van der Waals surface area contributed by atoms with Crippen LogP contribution in [0.15, 0.2) is 47.5 Å². The molecule has 33 heavy (non-hydrogen) atoms. The van der Waals surface area contributed by atoms with E-state index in [0.717, 1.165) is 18.2 Å². The summed E-state index contributed by atoms with van der Waals surface area (Å²) >= 11 is 1.43. The van der Waals surface area contributed by atoms with Crippen LogP contribution in [0.2, 0.25) is 0 Å². The van der Waals surface area contributed by atoms with E-state index >= 15 is 0 Å². The monoisotopic (exact) mass is 483 g/mol. The molecule has 0 aliphatic heterocycles. The van der Waals surface area contributed by atoms with Gasteiger partial charge in [-0.1, -0.05) is 19.1 Å². The summed E-state index contributed by atoms with van der Waals surface area (Å²) < 4.78 is 79.0. The van der Waals surface area contributed by atoms with Gasteiger partial charge in [0.1, 0.15) is 11.2 Å². The first-order valence-corrected chi connectivity index (χ1v) is 10.6. The third-order valence-corrected chi connectivity index (χ3v) is 5.73. The van der Waals surface area contributed by atoms with E-state index < -0.39 is 23.6 Å². The molecule has 0 spiro atoms. The number of hydrogen-bond donors (Lipinski definition) is 0. The largest absolute Gasteiger partial charge is 0.435 e. The fourth-order valence-electron chi connectivity index (χ4n) is 3.22. The Morgan fingerprint density at radius 1 is 0.909 bits per heavy atom. The van der Waals surface area contributed by atoms with Gasteiger partial charge in [0.05, 0.1) is 5.56 Å². The summed E-state index contributed by atoms with van der Waals surface area (Å²) in [5.74, 6) is 0.959. The van der Waals surface area contributed by atoms with Crippen LogP contribution in [0.3, 0.4) is 0 Å². The number of pyridine rings is 1. The number of hydrogen-bond acceptors (Lipinski definition) is 5. The van der Waals surface area contributed by atoms with Gasteiger partial charge in [-0.3, -0.25) is 4.98 Å². The maximum absolute atomic E-state index is 13.0. The van der Waals surface area contributed by atoms with Gasteiger partial charge in [0.2, 0.25) is 0 Å². The highest BCUT2D eigenvalue weighted by Crippen LogP contribution is 2.36. The van der Waals surface area contributed by atoms with Gasteiger partial charge in [0, 0.05) is 29.8 Å². The van der Waals surface area contributed by atoms with Gasteiger partial charge in [-0.05, 0) is 29.5 Å². The van der Waals surface area contributed by atoms with Crippen molar-refractivity contribution < 1.29 is 26.3 Å². The van der Waals surface area contributed by atoms with Crippen LogP contribution in [0, 0.1) is 0 Å². The van der Waals surface area contributed by atoms with Crippen molar-refractivity contribution in [3.63, 3.8) is 0 Å². The van der Waals surface area contributed by atoms with Crippen LogP contribution in [0.4, 0.5) is 26.3 Å². The van der Waals surface area contributed by atoms with Gasteiger partial charge in [0.15, 0.2) is 17.2 Å². The number of halogens is 6. The molecule has 12 heteroatoms. The van der Waals surface area contributed by atoms with Crippen LogP contribution in [0.5, 0.6) is 0 Å². The summed E-state index contributed by atoms with van der Waals surface area (Å²) in [7, 11) is 1.60. The molecule has 5 nitrogen and oxygen atoms in total. The predicted molar refractivity (Wildman–Crippen MR) is 111 cm³/mol. The topological polar surface area (TPSA) is 56.5 Å². The lowest BCUT2D eigenvalue weighted by Crippen LogP contribution is -2.09. The van der Waals surface area contributed by atoms with E-state index in [0.29, 0.717) is 33.3 Å². The lowest BCUT2D eigenvalue weighted by atomic mass is 10.0. The third kappa shape index (κ3) is 4.52. The molecule has 0 amide bonds. The van der Waals surface area contributed by atoms with E-state index in [1.807, 2.05) is 6.92 Å². The van der Waals surface area contributed by atoms with Crippen molar-refractivity contribution in [3.8, 4) is 22.6 Å². The van der Waals surface area contributed by atoms with Gasteiger partial charge < -0.3 is 4.57 Å². The minimum Gasteiger partial charge on any atom is -0.309 e. The second-order valence-electron chi connectivity index (χ2n) is 7.01. The molecular weight excluding hydrogens is 468 g/mol. The van der Waals surface area contributed by atoms with E-state index in [9.17, 15) is 26.3 Å². The predicted octanol–water partition coefficient (Wildman–Crippen LogP) is 6.24. The lowest BCUT2D eigenvalue weighted by Gasteiger charge is -2.11. The molecule has 0 saturated carbocycles. The third-order valence-electron chi connectivity index (χ3n) is 4.82. The molecule has 0 fully saturated rings. The van der Waals surface area contributed by atoms with Crippen LogP contribution in [-0.4, -0.2) is 30.5 Å². The molecule has 0 atom stereocenters. The SMILES string of the molecule is CCSc1cc(-c2ccc(C(F)(F)F)cc2)cnc1-c1nc2cc(C(F)(F)F)nnc2n1C. The van der Waals surface area contributed by atoms with Crippen LogP contribution >= 0.6 is 11.8 Å². The highest BCUT2D eigenvalue weighted by atomic mass is 32.2. The second-order valence-corrected chi connectivity index (χ2v) is 8.32. The first kappa shape index (κ1) is 23.0. The van der Waals surface area contributed by atoms with Crippen LogP contribution < -0.4 is 0 Å². The maximum atomic E-state index is 13.0. The van der Waals surface area contributed by atoms with Crippen molar-refractivity contribution in [2.75, 3.05) is 5.75 Å². The number of benzene rings is 1. The zero-order valence-electron chi connectivity index (χ0n) is 17.2. The summed E-state index contributed by atoms with van der Waals surface area (Å²) in [6, 6.07) is 7.32. The van der Waals surface area contributed by atoms with Crippen molar-refractivity contribution in [1.29, 1.82) is 0 Å². The molecule has 0 N–H and O–H groups in total. The number of alkyl halides is 6. The molecule has 1 aromatic carbocycles.